The molecule has 3 rings (SSSR count). The summed E-state index contributed by atoms with van der Waals surface area (Å²) in [7, 11) is 0. The number of aromatic nitrogens is 2. The minimum Gasteiger partial charge on any atom is -0.365 e. The number of amides is 1. The zero-order valence-electron chi connectivity index (χ0n) is 11.2. The van der Waals surface area contributed by atoms with Crippen LogP contribution in [-0.4, -0.2) is 28.7 Å². The van der Waals surface area contributed by atoms with Gasteiger partial charge in [0.05, 0.1) is 0 Å². The first-order chi connectivity index (χ1) is 9.28. The summed E-state index contributed by atoms with van der Waals surface area (Å²) >= 11 is 0. The predicted molar refractivity (Wildman–Crippen MR) is 72.9 cm³/mol. The van der Waals surface area contributed by atoms with Crippen molar-refractivity contribution in [3.05, 3.63) is 17.8 Å². The van der Waals surface area contributed by atoms with Gasteiger partial charge in [-0.25, -0.2) is 0 Å². The van der Waals surface area contributed by atoms with Crippen LogP contribution < -0.4 is 10.6 Å². The summed E-state index contributed by atoms with van der Waals surface area (Å²) in [6.07, 6.45) is 5.33. The number of anilines is 1. The van der Waals surface area contributed by atoms with Gasteiger partial charge in [-0.1, -0.05) is 0 Å². The second-order valence-electron chi connectivity index (χ2n) is 5.51. The molecule has 2 N–H and O–H groups in total. The van der Waals surface area contributed by atoms with Crippen LogP contribution in [-0.2, 0) is 0 Å². The Kier molecular flexibility index (Phi) is 3.36. The first-order valence-corrected chi connectivity index (χ1v) is 7.16. The van der Waals surface area contributed by atoms with E-state index in [0.29, 0.717) is 18.3 Å². The van der Waals surface area contributed by atoms with Crippen LogP contribution in [0.4, 0.5) is 5.82 Å². The molecule has 0 atom stereocenters. The third-order valence-corrected chi connectivity index (χ3v) is 3.81. The monoisotopic (exact) mass is 260 g/mol. The first kappa shape index (κ1) is 12.4. The largest absolute Gasteiger partial charge is 0.365 e. The number of hydrogen-bond donors (Lipinski definition) is 2. The van der Waals surface area contributed by atoms with Crippen molar-refractivity contribution in [3.8, 4) is 0 Å². The summed E-state index contributed by atoms with van der Waals surface area (Å²) in [5.74, 6) is 2.26. The normalized spacial score (nSPS) is 18.4. The molecule has 5 heteroatoms. The van der Waals surface area contributed by atoms with Gasteiger partial charge in [-0.05, 0) is 56.6 Å². The number of carbonyl (C=O) groups excluding carboxylic acids is 1. The van der Waals surface area contributed by atoms with Crippen molar-refractivity contribution in [1.82, 2.24) is 15.5 Å². The van der Waals surface area contributed by atoms with Gasteiger partial charge in [-0.15, -0.1) is 10.2 Å². The van der Waals surface area contributed by atoms with Gasteiger partial charge in [0, 0.05) is 12.6 Å². The van der Waals surface area contributed by atoms with E-state index in [1.165, 1.54) is 25.7 Å². The second-order valence-corrected chi connectivity index (χ2v) is 5.51. The fraction of sp³-hybridized carbons (Fsp3) is 0.643. The molecular weight excluding hydrogens is 240 g/mol. The lowest BCUT2D eigenvalue weighted by atomic mass is 10.1. The summed E-state index contributed by atoms with van der Waals surface area (Å²) in [5.41, 5.74) is 0.377. The molecule has 19 heavy (non-hydrogen) atoms. The fourth-order valence-corrected chi connectivity index (χ4v) is 2.48. The smallest absolute Gasteiger partial charge is 0.271 e. The molecule has 0 aromatic carbocycles. The fourth-order valence-electron chi connectivity index (χ4n) is 2.48. The third kappa shape index (κ3) is 3.03. The van der Waals surface area contributed by atoms with Crippen LogP contribution in [0.3, 0.4) is 0 Å². The van der Waals surface area contributed by atoms with E-state index in [1.54, 1.807) is 6.07 Å². The summed E-state index contributed by atoms with van der Waals surface area (Å²) in [5, 5.41) is 14.3. The van der Waals surface area contributed by atoms with Gasteiger partial charge < -0.3 is 10.6 Å². The lowest BCUT2D eigenvalue weighted by molar-refractivity contribution is 0.0950. The van der Waals surface area contributed by atoms with Gasteiger partial charge >= 0.3 is 0 Å². The highest BCUT2D eigenvalue weighted by Gasteiger charge is 2.41. The molecule has 1 amide bonds. The number of nitrogens with zero attached hydrogens (tertiary/aromatic N) is 2. The van der Waals surface area contributed by atoms with Crippen molar-refractivity contribution in [1.29, 1.82) is 0 Å². The van der Waals surface area contributed by atoms with Crippen molar-refractivity contribution in [2.24, 2.45) is 11.8 Å². The van der Waals surface area contributed by atoms with Crippen molar-refractivity contribution in [3.63, 3.8) is 0 Å². The lowest BCUT2D eigenvalue weighted by Crippen LogP contribution is -2.26. The molecular formula is C14H20N4O. The van der Waals surface area contributed by atoms with Gasteiger partial charge in [0.2, 0.25) is 0 Å². The van der Waals surface area contributed by atoms with Crippen molar-refractivity contribution >= 4 is 11.7 Å². The Bertz CT molecular complexity index is 439. The quantitative estimate of drug-likeness (QED) is 0.819. The first-order valence-electron chi connectivity index (χ1n) is 7.16. The van der Waals surface area contributed by atoms with Crippen LogP contribution in [0.1, 0.15) is 43.1 Å². The molecule has 2 saturated carbocycles. The highest BCUT2D eigenvalue weighted by molar-refractivity contribution is 5.92. The molecule has 1 aromatic heterocycles. The minimum absolute atomic E-state index is 0.164. The Morgan fingerprint density at radius 2 is 1.95 bits per heavy atom. The maximum absolute atomic E-state index is 11.6. The topological polar surface area (TPSA) is 66.9 Å². The lowest BCUT2D eigenvalue weighted by Gasteiger charge is -2.17. The van der Waals surface area contributed by atoms with E-state index in [2.05, 4.69) is 20.8 Å². The summed E-state index contributed by atoms with van der Waals surface area (Å²) in [6.45, 7) is 2.49. The zero-order chi connectivity index (χ0) is 13.2. The van der Waals surface area contributed by atoms with E-state index in [0.717, 1.165) is 17.7 Å². The SMILES string of the molecule is CCNC(=O)c1ccc(NC(C2CC2)C2CC2)nn1. The van der Waals surface area contributed by atoms with Crippen LogP contribution in [0.15, 0.2) is 12.1 Å². The zero-order valence-corrected chi connectivity index (χ0v) is 11.2. The Morgan fingerprint density at radius 3 is 2.42 bits per heavy atom. The second kappa shape index (κ2) is 5.15. The van der Waals surface area contributed by atoms with E-state index >= 15 is 0 Å². The Labute approximate surface area is 113 Å². The molecule has 0 aliphatic heterocycles. The van der Waals surface area contributed by atoms with Crippen LogP contribution in [0.25, 0.3) is 0 Å². The van der Waals surface area contributed by atoms with E-state index in [4.69, 9.17) is 0 Å². The third-order valence-electron chi connectivity index (χ3n) is 3.81. The number of hydrogen-bond acceptors (Lipinski definition) is 4. The van der Waals surface area contributed by atoms with E-state index in [-0.39, 0.29) is 5.91 Å². The van der Waals surface area contributed by atoms with Gasteiger partial charge in [-0.3, -0.25) is 4.79 Å². The van der Waals surface area contributed by atoms with Gasteiger partial charge in [-0.2, -0.15) is 0 Å². The maximum Gasteiger partial charge on any atom is 0.271 e. The van der Waals surface area contributed by atoms with Crippen molar-refractivity contribution < 1.29 is 4.79 Å². The highest BCUT2D eigenvalue weighted by Crippen LogP contribution is 2.45. The van der Waals surface area contributed by atoms with E-state index in [1.807, 2.05) is 13.0 Å². The van der Waals surface area contributed by atoms with Crippen LogP contribution in [0.5, 0.6) is 0 Å². The Balaban J connectivity index is 1.63. The van der Waals surface area contributed by atoms with Gasteiger partial charge in [0.25, 0.3) is 5.91 Å². The Hall–Kier alpha value is -1.65. The maximum atomic E-state index is 11.6. The molecule has 0 spiro atoms. The molecule has 2 aliphatic carbocycles. The van der Waals surface area contributed by atoms with Crippen LogP contribution >= 0.6 is 0 Å². The Morgan fingerprint density at radius 1 is 1.26 bits per heavy atom. The molecule has 0 bridgehead atoms. The molecule has 5 nitrogen and oxygen atoms in total. The molecule has 0 unspecified atom stereocenters. The number of carbonyl (C=O) groups is 1. The van der Waals surface area contributed by atoms with Gasteiger partial charge in [0.1, 0.15) is 5.82 Å². The van der Waals surface area contributed by atoms with Crippen LogP contribution in [0, 0.1) is 11.8 Å². The van der Waals surface area contributed by atoms with Crippen LogP contribution in [0.2, 0.25) is 0 Å². The average molecular weight is 260 g/mol. The van der Waals surface area contributed by atoms with Crippen molar-refractivity contribution in [2.75, 3.05) is 11.9 Å². The van der Waals surface area contributed by atoms with Gasteiger partial charge in [0.15, 0.2) is 5.69 Å². The molecule has 0 saturated heterocycles. The minimum atomic E-state index is -0.164. The highest BCUT2D eigenvalue weighted by atomic mass is 16.1. The average Bonchev–Trinajstić information content (AvgIpc) is 3.30. The van der Waals surface area contributed by atoms with E-state index < -0.39 is 0 Å². The predicted octanol–water partition coefficient (Wildman–Crippen LogP) is 1.83. The molecule has 2 fully saturated rings. The summed E-state index contributed by atoms with van der Waals surface area (Å²) < 4.78 is 0. The number of nitrogens with one attached hydrogen (secondary N) is 2. The molecule has 0 radical (unpaired) electrons. The standard InChI is InChI=1S/C14H20N4O/c1-2-15-14(19)11-7-8-12(18-17-11)16-13(9-3-4-9)10-5-6-10/h7-10,13H,2-6H2,1H3,(H,15,19)(H,16,18). The summed E-state index contributed by atoms with van der Waals surface area (Å²) in [4.78, 5) is 11.6. The van der Waals surface area contributed by atoms with E-state index in [9.17, 15) is 4.79 Å². The molecule has 2 aliphatic rings. The molecule has 1 aromatic rings. The van der Waals surface area contributed by atoms with Crippen molar-refractivity contribution in [2.45, 2.75) is 38.6 Å². The number of rotatable bonds is 6. The molecule has 102 valence electrons. The molecule has 1 heterocycles. The summed E-state index contributed by atoms with van der Waals surface area (Å²) in [6, 6.07) is 4.15.